The van der Waals surface area contributed by atoms with Gasteiger partial charge in [0.2, 0.25) is 0 Å². The number of carbonyl (C=O) groups is 1. The Kier molecular flexibility index (Phi) is 4.01. The number of rotatable bonds is 2. The first kappa shape index (κ1) is 16.4. The molecular weight excluding hydrogens is 308 g/mol. The number of hydrogen-bond acceptors (Lipinski definition) is 7. The van der Waals surface area contributed by atoms with Gasteiger partial charge in [0.25, 0.3) is 0 Å². The normalized spacial score (nSPS) is 26.0. The van der Waals surface area contributed by atoms with E-state index in [4.69, 9.17) is 9.47 Å². The first-order valence-corrected chi connectivity index (χ1v) is 7.82. The van der Waals surface area contributed by atoms with Crippen LogP contribution >= 0.6 is 0 Å². The van der Waals surface area contributed by atoms with Gasteiger partial charge < -0.3 is 14.4 Å². The highest BCUT2D eigenvalue weighted by Crippen LogP contribution is 2.41. The summed E-state index contributed by atoms with van der Waals surface area (Å²) in [5, 5.41) is 9.31. The Bertz CT molecular complexity index is 720. The van der Waals surface area contributed by atoms with Crippen molar-refractivity contribution in [3.8, 4) is 12.1 Å². The fourth-order valence-corrected chi connectivity index (χ4v) is 3.46. The van der Waals surface area contributed by atoms with Crippen LogP contribution in [0.5, 0.6) is 6.01 Å². The van der Waals surface area contributed by atoms with Crippen LogP contribution < -0.4 is 9.64 Å². The molecule has 1 fully saturated rings. The van der Waals surface area contributed by atoms with E-state index in [1.54, 1.807) is 18.5 Å². The number of carbonyl (C=O) groups excluding carboxylic acids is 1. The van der Waals surface area contributed by atoms with Crippen molar-refractivity contribution in [3.63, 3.8) is 0 Å². The number of methoxy groups -OCH3 is 1. The second-order valence-corrected chi connectivity index (χ2v) is 6.82. The Balaban J connectivity index is 1.90. The first-order valence-electron chi connectivity index (χ1n) is 7.82. The van der Waals surface area contributed by atoms with Crippen molar-refractivity contribution in [1.29, 1.82) is 5.26 Å². The third-order valence-electron chi connectivity index (χ3n) is 4.50. The molecule has 0 aromatic carbocycles. The minimum absolute atomic E-state index is 0.121. The standard InChI is InChI=1S/C17H20N4O3/c1-16(2)10-17(6-12(7-18)14(16)22)11-21(4-5-24-17)13-8-19-15(23-3)20-9-13/h6,8-9H,4-5,10-11H2,1-3H3. The zero-order valence-electron chi connectivity index (χ0n) is 14.1. The smallest absolute Gasteiger partial charge is 0.316 e. The highest BCUT2D eigenvalue weighted by Gasteiger charge is 2.48. The molecule has 2 aliphatic rings. The zero-order valence-corrected chi connectivity index (χ0v) is 14.1. The molecule has 1 saturated heterocycles. The van der Waals surface area contributed by atoms with Gasteiger partial charge in [0.15, 0.2) is 5.78 Å². The van der Waals surface area contributed by atoms with Crippen LogP contribution in [0.15, 0.2) is 24.0 Å². The van der Waals surface area contributed by atoms with Crippen molar-refractivity contribution in [2.75, 3.05) is 31.7 Å². The molecule has 0 N–H and O–H groups in total. The molecule has 24 heavy (non-hydrogen) atoms. The molecule has 126 valence electrons. The minimum Gasteiger partial charge on any atom is -0.467 e. The third kappa shape index (κ3) is 2.85. The molecule has 0 saturated carbocycles. The van der Waals surface area contributed by atoms with Crippen molar-refractivity contribution in [1.82, 2.24) is 9.97 Å². The predicted molar refractivity (Wildman–Crippen MR) is 86.6 cm³/mol. The van der Waals surface area contributed by atoms with E-state index in [9.17, 15) is 10.1 Å². The second-order valence-electron chi connectivity index (χ2n) is 6.82. The van der Waals surface area contributed by atoms with Crippen LogP contribution in [0.2, 0.25) is 0 Å². The predicted octanol–water partition coefficient (Wildman–Crippen LogP) is 1.51. The number of ether oxygens (including phenoxy) is 2. The summed E-state index contributed by atoms with van der Waals surface area (Å²) >= 11 is 0. The summed E-state index contributed by atoms with van der Waals surface area (Å²) < 4.78 is 11.0. The molecule has 0 amide bonds. The quantitative estimate of drug-likeness (QED) is 0.813. The maximum absolute atomic E-state index is 12.3. The van der Waals surface area contributed by atoms with Gasteiger partial charge in [-0.2, -0.15) is 5.26 Å². The van der Waals surface area contributed by atoms with E-state index in [-0.39, 0.29) is 11.4 Å². The van der Waals surface area contributed by atoms with E-state index in [0.29, 0.717) is 32.1 Å². The number of allylic oxidation sites excluding steroid dienone is 1. The number of Topliss-reactive ketones (excluding diaryl/α,β-unsaturated/α-hetero) is 1. The Morgan fingerprint density at radius 1 is 1.38 bits per heavy atom. The average Bonchev–Trinajstić information content (AvgIpc) is 2.58. The van der Waals surface area contributed by atoms with Crippen molar-refractivity contribution >= 4 is 11.5 Å². The van der Waals surface area contributed by atoms with Crippen molar-refractivity contribution in [2.45, 2.75) is 25.9 Å². The number of nitriles is 1. The summed E-state index contributed by atoms with van der Waals surface area (Å²) in [5.41, 5.74) is -0.237. The van der Waals surface area contributed by atoms with Crippen LogP contribution in [0, 0.1) is 16.7 Å². The second kappa shape index (κ2) is 5.87. The summed E-state index contributed by atoms with van der Waals surface area (Å²) in [5.74, 6) is -0.121. The lowest BCUT2D eigenvalue weighted by Crippen LogP contribution is -2.55. The molecule has 1 aromatic heterocycles. The minimum atomic E-state index is -0.652. The molecule has 1 aliphatic heterocycles. The molecule has 1 aliphatic carbocycles. The van der Waals surface area contributed by atoms with Crippen LogP contribution in [0.1, 0.15) is 20.3 Å². The molecule has 1 spiro atoms. The van der Waals surface area contributed by atoms with Crippen molar-refractivity contribution in [3.05, 3.63) is 24.0 Å². The summed E-state index contributed by atoms with van der Waals surface area (Å²) in [4.78, 5) is 22.7. The molecule has 1 unspecified atom stereocenters. The van der Waals surface area contributed by atoms with Crippen LogP contribution in [-0.2, 0) is 9.53 Å². The molecule has 7 heteroatoms. The number of anilines is 1. The highest BCUT2D eigenvalue weighted by molar-refractivity contribution is 6.04. The van der Waals surface area contributed by atoms with Gasteiger partial charge in [0.1, 0.15) is 11.7 Å². The number of morpholine rings is 1. The Morgan fingerprint density at radius 3 is 2.71 bits per heavy atom. The molecule has 0 bridgehead atoms. The van der Waals surface area contributed by atoms with Crippen molar-refractivity contribution in [2.24, 2.45) is 5.41 Å². The van der Waals surface area contributed by atoms with Gasteiger partial charge in [-0.25, -0.2) is 9.97 Å². The number of aromatic nitrogens is 2. The third-order valence-corrected chi connectivity index (χ3v) is 4.50. The van der Waals surface area contributed by atoms with Crippen LogP contribution in [0.3, 0.4) is 0 Å². The molecule has 7 nitrogen and oxygen atoms in total. The lowest BCUT2D eigenvalue weighted by atomic mass is 9.69. The molecular formula is C17H20N4O3. The van der Waals surface area contributed by atoms with Crippen molar-refractivity contribution < 1.29 is 14.3 Å². The topological polar surface area (TPSA) is 88.3 Å². The maximum atomic E-state index is 12.3. The SMILES string of the molecule is COc1ncc(N2CCOC3(C=C(C#N)C(=O)C(C)(C)C3)C2)cn1. The summed E-state index contributed by atoms with van der Waals surface area (Å²) in [6, 6.07) is 2.34. The maximum Gasteiger partial charge on any atom is 0.316 e. The average molecular weight is 328 g/mol. The highest BCUT2D eigenvalue weighted by atomic mass is 16.5. The fraction of sp³-hybridized carbons (Fsp3) is 0.529. The lowest BCUT2D eigenvalue weighted by Gasteiger charge is -2.47. The van der Waals surface area contributed by atoms with Gasteiger partial charge in [-0.1, -0.05) is 13.8 Å². The van der Waals surface area contributed by atoms with Gasteiger partial charge in [-0.3, -0.25) is 4.79 Å². The number of ketones is 1. The lowest BCUT2D eigenvalue weighted by molar-refractivity contribution is -0.130. The fourth-order valence-electron chi connectivity index (χ4n) is 3.46. The van der Waals surface area contributed by atoms with E-state index in [1.807, 2.05) is 19.9 Å². The van der Waals surface area contributed by atoms with Gasteiger partial charge in [-0.05, 0) is 12.5 Å². The van der Waals surface area contributed by atoms with Gasteiger partial charge >= 0.3 is 6.01 Å². The van der Waals surface area contributed by atoms with Gasteiger partial charge in [-0.15, -0.1) is 0 Å². The van der Waals surface area contributed by atoms with Gasteiger partial charge in [0, 0.05) is 12.0 Å². The van der Waals surface area contributed by atoms with E-state index in [2.05, 4.69) is 14.9 Å². The first-order chi connectivity index (χ1) is 11.4. The van der Waals surface area contributed by atoms with E-state index in [1.165, 1.54) is 7.11 Å². The Labute approximate surface area is 140 Å². The monoisotopic (exact) mass is 328 g/mol. The molecule has 1 aromatic rings. The van der Waals surface area contributed by atoms with E-state index in [0.717, 1.165) is 5.69 Å². The summed E-state index contributed by atoms with van der Waals surface area (Å²) in [6.07, 6.45) is 5.65. The molecule has 3 rings (SSSR count). The number of nitrogens with zero attached hydrogens (tertiary/aromatic N) is 4. The van der Waals surface area contributed by atoms with Gasteiger partial charge in [0.05, 0.1) is 43.9 Å². The Hall–Kier alpha value is -2.46. The zero-order chi connectivity index (χ0) is 17.4. The summed E-state index contributed by atoms with van der Waals surface area (Å²) in [7, 11) is 1.52. The summed E-state index contributed by atoms with van der Waals surface area (Å²) in [6.45, 7) is 5.47. The van der Waals surface area contributed by atoms with Crippen LogP contribution in [-0.4, -0.2) is 48.2 Å². The van der Waals surface area contributed by atoms with E-state index >= 15 is 0 Å². The molecule has 1 atom stereocenters. The molecule has 2 heterocycles. The Morgan fingerprint density at radius 2 is 2.08 bits per heavy atom. The number of hydrogen-bond donors (Lipinski definition) is 0. The van der Waals surface area contributed by atoms with Crippen LogP contribution in [0.4, 0.5) is 5.69 Å². The largest absolute Gasteiger partial charge is 0.467 e. The van der Waals surface area contributed by atoms with Crippen LogP contribution in [0.25, 0.3) is 0 Å². The van der Waals surface area contributed by atoms with E-state index < -0.39 is 11.0 Å². The molecule has 0 radical (unpaired) electrons.